The van der Waals surface area contributed by atoms with Crippen LogP contribution in [0, 0.1) is 6.92 Å². The largest absolute Gasteiger partial charge is 0.487 e. The van der Waals surface area contributed by atoms with Crippen LogP contribution in [0.15, 0.2) is 66.7 Å². The van der Waals surface area contributed by atoms with Crippen molar-refractivity contribution in [1.82, 2.24) is 5.32 Å². The fraction of sp³-hybridized carbons (Fsp3) is 0.217. The van der Waals surface area contributed by atoms with Crippen LogP contribution in [0.3, 0.4) is 0 Å². The molecule has 3 aromatic rings. The van der Waals surface area contributed by atoms with Gasteiger partial charge in [0.05, 0.1) is 11.6 Å². The first-order chi connectivity index (χ1) is 13.2. The molecular weight excluding hydrogens is 358 g/mol. The molecule has 0 aliphatic carbocycles. The Balaban J connectivity index is 1.74. The quantitative estimate of drug-likeness (QED) is 0.541. The van der Waals surface area contributed by atoms with E-state index in [0.717, 1.165) is 11.1 Å². The zero-order chi connectivity index (χ0) is 19.1. The van der Waals surface area contributed by atoms with Crippen LogP contribution < -0.4 is 10.1 Å². The van der Waals surface area contributed by atoms with E-state index in [0.29, 0.717) is 30.5 Å². The normalized spacial score (nSPS) is 10.8. The maximum atomic E-state index is 8.88. The standard InChI is InChI=1S/C23H24ClNO2/c1-17-20(8-5-9-21(17)19-6-3-2-4-7-19)16-27-23-14-18(10-11-22(23)24)15-25-12-13-26/h2-11,14,25-26H,12-13,15-16H2,1H3. The Morgan fingerprint density at radius 2 is 1.81 bits per heavy atom. The fourth-order valence-corrected chi connectivity index (χ4v) is 3.18. The summed E-state index contributed by atoms with van der Waals surface area (Å²) >= 11 is 6.31. The summed E-state index contributed by atoms with van der Waals surface area (Å²) in [6.07, 6.45) is 0. The van der Waals surface area contributed by atoms with Crippen molar-refractivity contribution in [1.29, 1.82) is 0 Å². The van der Waals surface area contributed by atoms with Crippen molar-refractivity contribution >= 4 is 11.6 Å². The Morgan fingerprint density at radius 1 is 1.00 bits per heavy atom. The Morgan fingerprint density at radius 3 is 2.59 bits per heavy atom. The molecule has 0 aromatic heterocycles. The minimum Gasteiger partial charge on any atom is -0.487 e. The van der Waals surface area contributed by atoms with Gasteiger partial charge in [-0.2, -0.15) is 0 Å². The summed E-state index contributed by atoms with van der Waals surface area (Å²) < 4.78 is 6.03. The predicted molar refractivity (Wildman–Crippen MR) is 111 cm³/mol. The van der Waals surface area contributed by atoms with Crippen LogP contribution in [0.4, 0.5) is 0 Å². The average Bonchev–Trinajstić information content (AvgIpc) is 2.70. The van der Waals surface area contributed by atoms with Gasteiger partial charge in [-0.25, -0.2) is 0 Å². The molecule has 0 saturated heterocycles. The highest BCUT2D eigenvalue weighted by atomic mass is 35.5. The van der Waals surface area contributed by atoms with Gasteiger partial charge in [0.15, 0.2) is 0 Å². The Hall–Kier alpha value is -2.33. The smallest absolute Gasteiger partial charge is 0.138 e. The lowest BCUT2D eigenvalue weighted by atomic mass is 9.97. The van der Waals surface area contributed by atoms with E-state index in [1.165, 1.54) is 16.7 Å². The molecule has 0 unspecified atom stereocenters. The van der Waals surface area contributed by atoms with Crippen LogP contribution in [0.1, 0.15) is 16.7 Å². The minimum atomic E-state index is 0.119. The molecule has 0 amide bonds. The topological polar surface area (TPSA) is 41.5 Å². The second-order valence-electron chi connectivity index (χ2n) is 6.41. The fourth-order valence-electron chi connectivity index (χ4n) is 3.01. The van der Waals surface area contributed by atoms with Crippen molar-refractivity contribution in [2.75, 3.05) is 13.2 Å². The van der Waals surface area contributed by atoms with Gasteiger partial charge in [-0.15, -0.1) is 0 Å². The van der Waals surface area contributed by atoms with Gasteiger partial charge >= 0.3 is 0 Å². The molecule has 2 N–H and O–H groups in total. The first-order valence-electron chi connectivity index (χ1n) is 9.05. The number of aliphatic hydroxyl groups is 1. The summed E-state index contributed by atoms with van der Waals surface area (Å²) in [5.41, 5.74) is 5.83. The third-order valence-corrected chi connectivity index (χ3v) is 4.84. The van der Waals surface area contributed by atoms with E-state index >= 15 is 0 Å². The lowest BCUT2D eigenvalue weighted by Crippen LogP contribution is -2.17. The Kier molecular flexibility index (Phi) is 6.88. The number of benzene rings is 3. The first kappa shape index (κ1) is 19.4. The summed E-state index contributed by atoms with van der Waals surface area (Å²) in [6, 6.07) is 22.4. The van der Waals surface area contributed by atoms with E-state index in [1.54, 1.807) is 0 Å². The van der Waals surface area contributed by atoms with E-state index in [4.69, 9.17) is 21.4 Å². The zero-order valence-electron chi connectivity index (χ0n) is 15.4. The molecule has 140 valence electrons. The number of hydrogen-bond acceptors (Lipinski definition) is 3. The summed E-state index contributed by atoms with van der Waals surface area (Å²) in [7, 11) is 0. The van der Waals surface area contributed by atoms with Gasteiger partial charge in [-0.3, -0.25) is 0 Å². The van der Waals surface area contributed by atoms with Crippen LogP contribution in [0.2, 0.25) is 5.02 Å². The van der Waals surface area contributed by atoms with Gasteiger partial charge in [0.25, 0.3) is 0 Å². The predicted octanol–water partition coefficient (Wildman–Crippen LogP) is 4.98. The lowest BCUT2D eigenvalue weighted by molar-refractivity contribution is 0.291. The number of rotatable bonds is 8. The van der Waals surface area contributed by atoms with E-state index in [9.17, 15) is 0 Å². The summed E-state index contributed by atoms with van der Waals surface area (Å²) in [5, 5.41) is 12.6. The molecule has 0 bridgehead atoms. The number of ether oxygens (including phenoxy) is 1. The highest BCUT2D eigenvalue weighted by molar-refractivity contribution is 6.32. The molecule has 3 rings (SSSR count). The summed E-state index contributed by atoms with van der Waals surface area (Å²) in [4.78, 5) is 0. The second kappa shape index (κ2) is 9.56. The Bertz CT molecular complexity index is 881. The molecule has 27 heavy (non-hydrogen) atoms. The number of halogens is 1. The van der Waals surface area contributed by atoms with Crippen molar-refractivity contribution < 1.29 is 9.84 Å². The van der Waals surface area contributed by atoms with Crippen LogP contribution >= 0.6 is 11.6 Å². The van der Waals surface area contributed by atoms with E-state index < -0.39 is 0 Å². The zero-order valence-corrected chi connectivity index (χ0v) is 16.2. The maximum Gasteiger partial charge on any atom is 0.138 e. The van der Waals surface area contributed by atoms with E-state index in [-0.39, 0.29) is 6.61 Å². The van der Waals surface area contributed by atoms with Crippen molar-refractivity contribution in [2.24, 2.45) is 0 Å². The molecule has 0 aliphatic heterocycles. The highest BCUT2D eigenvalue weighted by Crippen LogP contribution is 2.29. The van der Waals surface area contributed by atoms with Gasteiger partial charge in [0.1, 0.15) is 12.4 Å². The summed E-state index contributed by atoms with van der Waals surface area (Å²) in [6.45, 7) is 3.92. The number of aliphatic hydroxyl groups excluding tert-OH is 1. The van der Waals surface area contributed by atoms with E-state index in [1.807, 2.05) is 36.4 Å². The van der Waals surface area contributed by atoms with Gasteiger partial charge in [0.2, 0.25) is 0 Å². The van der Waals surface area contributed by atoms with Crippen molar-refractivity contribution in [2.45, 2.75) is 20.1 Å². The van der Waals surface area contributed by atoms with Crippen LogP contribution in [-0.2, 0) is 13.2 Å². The minimum absolute atomic E-state index is 0.119. The first-order valence-corrected chi connectivity index (χ1v) is 9.43. The Labute approximate surface area is 165 Å². The van der Waals surface area contributed by atoms with Gasteiger partial charge < -0.3 is 15.2 Å². The van der Waals surface area contributed by atoms with Gasteiger partial charge in [0, 0.05) is 13.1 Å². The molecule has 0 spiro atoms. The molecule has 0 fully saturated rings. The molecule has 4 heteroatoms. The number of hydrogen-bond donors (Lipinski definition) is 2. The molecule has 3 aromatic carbocycles. The molecule has 0 aliphatic rings. The molecular formula is C23H24ClNO2. The van der Waals surface area contributed by atoms with Crippen LogP contribution in [0.25, 0.3) is 11.1 Å². The molecule has 0 heterocycles. The van der Waals surface area contributed by atoms with Crippen LogP contribution in [-0.4, -0.2) is 18.3 Å². The molecule has 0 saturated carbocycles. The molecule has 0 atom stereocenters. The summed E-state index contributed by atoms with van der Waals surface area (Å²) in [5.74, 6) is 0.671. The molecule has 0 radical (unpaired) electrons. The average molecular weight is 382 g/mol. The highest BCUT2D eigenvalue weighted by Gasteiger charge is 2.09. The maximum absolute atomic E-state index is 8.88. The second-order valence-corrected chi connectivity index (χ2v) is 6.82. The van der Waals surface area contributed by atoms with Crippen molar-refractivity contribution in [3.8, 4) is 16.9 Å². The van der Waals surface area contributed by atoms with Gasteiger partial charge in [-0.05, 0) is 46.9 Å². The van der Waals surface area contributed by atoms with E-state index in [2.05, 4.69) is 42.6 Å². The van der Waals surface area contributed by atoms with Gasteiger partial charge in [-0.1, -0.05) is 66.2 Å². The SMILES string of the molecule is Cc1c(COc2cc(CNCCO)ccc2Cl)cccc1-c1ccccc1. The monoisotopic (exact) mass is 381 g/mol. The van der Waals surface area contributed by atoms with Crippen LogP contribution in [0.5, 0.6) is 5.75 Å². The third-order valence-electron chi connectivity index (χ3n) is 4.53. The van der Waals surface area contributed by atoms with Crippen molar-refractivity contribution in [3.05, 3.63) is 88.4 Å². The van der Waals surface area contributed by atoms with Crippen molar-refractivity contribution in [3.63, 3.8) is 0 Å². The number of nitrogens with one attached hydrogen (secondary N) is 1. The molecule has 3 nitrogen and oxygen atoms in total. The lowest BCUT2D eigenvalue weighted by Gasteiger charge is -2.14. The third kappa shape index (κ3) is 5.10.